The molecule has 1 aliphatic heterocycles. The smallest absolute Gasteiger partial charge is 0.0810 e. The maximum atomic E-state index is 5.22. The Labute approximate surface area is 121 Å². The molecule has 1 saturated heterocycles. The quantitative estimate of drug-likeness (QED) is 0.275. The van der Waals surface area contributed by atoms with Gasteiger partial charge in [-0.3, -0.25) is 0 Å². The number of rotatable bonds is 13. The molecule has 1 rings (SSSR count). The summed E-state index contributed by atoms with van der Waals surface area (Å²) in [4.78, 5) is 0. The predicted molar refractivity (Wildman–Crippen MR) is 83.4 cm³/mol. The molecule has 0 saturated carbocycles. The largest absolute Gasteiger partial charge is 0.373 e. The topological polar surface area (TPSA) is 12.5 Å². The van der Waals surface area contributed by atoms with Crippen LogP contribution in [0.3, 0.4) is 0 Å². The third-order valence-electron chi connectivity index (χ3n) is 4.27. The molecule has 0 aromatic carbocycles. The standard InChI is InChI=1S/C17H36NO/c1-4-14-18(2,3)15-12-10-8-6-5-7-9-11-13-17-16-19-17/h17H,4-16H2,1-3H3/q+1. The summed E-state index contributed by atoms with van der Waals surface area (Å²) in [5.41, 5.74) is 0. The van der Waals surface area contributed by atoms with Gasteiger partial charge < -0.3 is 9.22 Å². The predicted octanol–water partition coefficient (Wildman–Crippen LogP) is 4.38. The first-order valence-corrected chi connectivity index (χ1v) is 8.57. The average molecular weight is 270 g/mol. The van der Waals surface area contributed by atoms with E-state index in [4.69, 9.17) is 4.74 Å². The molecule has 19 heavy (non-hydrogen) atoms. The number of ether oxygens (including phenoxy) is 1. The summed E-state index contributed by atoms with van der Waals surface area (Å²) in [6.07, 6.45) is 14.7. The zero-order valence-electron chi connectivity index (χ0n) is 13.6. The van der Waals surface area contributed by atoms with Crippen molar-refractivity contribution in [3.05, 3.63) is 0 Å². The lowest BCUT2D eigenvalue weighted by Crippen LogP contribution is -2.40. The fourth-order valence-corrected chi connectivity index (χ4v) is 2.92. The second kappa shape index (κ2) is 9.77. The molecule has 1 unspecified atom stereocenters. The van der Waals surface area contributed by atoms with Gasteiger partial charge in [-0.05, 0) is 25.7 Å². The first-order valence-electron chi connectivity index (χ1n) is 8.57. The molecule has 1 aliphatic rings. The van der Waals surface area contributed by atoms with Gasteiger partial charge in [0.25, 0.3) is 0 Å². The van der Waals surface area contributed by atoms with Gasteiger partial charge in [-0.15, -0.1) is 0 Å². The van der Waals surface area contributed by atoms with Crippen molar-refractivity contribution in [2.75, 3.05) is 33.8 Å². The molecule has 0 amide bonds. The highest BCUT2D eigenvalue weighted by Crippen LogP contribution is 2.18. The number of hydrogen-bond donors (Lipinski definition) is 0. The van der Waals surface area contributed by atoms with Crippen molar-refractivity contribution in [2.45, 2.75) is 77.2 Å². The van der Waals surface area contributed by atoms with Crippen LogP contribution in [0.15, 0.2) is 0 Å². The summed E-state index contributed by atoms with van der Waals surface area (Å²) < 4.78 is 6.43. The van der Waals surface area contributed by atoms with Crippen molar-refractivity contribution in [1.82, 2.24) is 0 Å². The Morgan fingerprint density at radius 2 is 1.37 bits per heavy atom. The van der Waals surface area contributed by atoms with Crippen LogP contribution in [0.1, 0.15) is 71.1 Å². The van der Waals surface area contributed by atoms with Crippen LogP contribution in [0.5, 0.6) is 0 Å². The summed E-state index contributed by atoms with van der Waals surface area (Å²) in [6, 6.07) is 0. The Balaban J connectivity index is 1.75. The van der Waals surface area contributed by atoms with Crippen molar-refractivity contribution in [2.24, 2.45) is 0 Å². The SMILES string of the molecule is CCC[N+](C)(C)CCCCCCCCCCC1CO1. The van der Waals surface area contributed by atoms with Gasteiger partial charge in [0.05, 0.1) is 39.9 Å². The van der Waals surface area contributed by atoms with E-state index in [2.05, 4.69) is 21.0 Å². The fraction of sp³-hybridized carbons (Fsp3) is 1.00. The zero-order valence-corrected chi connectivity index (χ0v) is 13.6. The van der Waals surface area contributed by atoms with Gasteiger partial charge in [0.15, 0.2) is 0 Å². The van der Waals surface area contributed by atoms with Crippen LogP contribution in [-0.2, 0) is 4.74 Å². The van der Waals surface area contributed by atoms with Crippen LogP contribution in [0.25, 0.3) is 0 Å². The Kier molecular flexibility index (Phi) is 8.72. The number of epoxide rings is 1. The third-order valence-corrected chi connectivity index (χ3v) is 4.27. The maximum absolute atomic E-state index is 5.22. The Morgan fingerprint density at radius 1 is 0.842 bits per heavy atom. The van der Waals surface area contributed by atoms with Gasteiger partial charge in [-0.25, -0.2) is 0 Å². The van der Waals surface area contributed by atoms with Crippen LogP contribution in [0.4, 0.5) is 0 Å². The van der Waals surface area contributed by atoms with Crippen LogP contribution in [0.2, 0.25) is 0 Å². The van der Waals surface area contributed by atoms with Gasteiger partial charge in [0.2, 0.25) is 0 Å². The number of quaternary nitrogens is 1. The summed E-state index contributed by atoms with van der Waals surface area (Å²) in [6.45, 7) is 6.00. The van der Waals surface area contributed by atoms with E-state index < -0.39 is 0 Å². The normalized spacial score (nSPS) is 18.8. The molecule has 1 atom stereocenters. The summed E-state index contributed by atoms with van der Waals surface area (Å²) in [5.74, 6) is 0. The molecular weight excluding hydrogens is 234 g/mol. The van der Waals surface area contributed by atoms with E-state index in [0.29, 0.717) is 6.10 Å². The second-order valence-electron chi connectivity index (χ2n) is 6.96. The summed E-state index contributed by atoms with van der Waals surface area (Å²) >= 11 is 0. The molecule has 2 nitrogen and oxygen atoms in total. The van der Waals surface area contributed by atoms with Crippen LogP contribution < -0.4 is 0 Å². The molecule has 0 bridgehead atoms. The van der Waals surface area contributed by atoms with E-state index in [1.54, 1.807) is 0 Å². The number of hydrogen-bond acceptors (Lipinski definition) is 1. The van der Waals surface area contributed by atoms with Gasteiger partial charge >= 0.3 is 0 Å². The Morgan fingerprint density at radius 3 is 1.89 bits per heavy atom. The van der Waals surface area contributed by atoms with Crippen LogP contribution in [0, 0.1) is 0 Å². The molecule has 0 aromatic rings. The monoisotopic (exact) mass is 270 g/mol. The fourth-order valence-electron chi connectivity index (χ4n) is 2.92. The minimum Gasteiger partial charge on any atom is -0.373 e. The van der Waals surface area contributed by atoms with Crippen molar-refractivity contribution in [1.29, 1.82) is 0 Å². The first-order chi connectivity index (χ1) is 9.14. The van der Waals surface area contributed by atoms with Gasteiger partial charge in [-0.1, -0.05) is 45.4 Å². The molecule has 114 valence electrons. The Hall–Kier alpha value is -0.0800. The van der Waals surface area contributed by atoms with E-state index in [1.165, 1.54) is 81.8 Å². The zero-order chi connectivity index (χ0) is 14.0. The van der Waals surface area contributed by atoms with E-state index in [9.17, 15) is 0 Å². The van der Waals surface area contributed by atoms with Crippen molar-refractivity contribution in [3.63, 3.8) is 0 Å². The van der Waals surface area contributed by atoms with Crippen molar-refractivity contribution in [3.8, 4) is 0 Å². The minimum absolute atomic E-state index is 0.643. The van der Waals surface area contributed by atoms with Gasteiger partial charge in [0.1, 0.15) is 0 Å². The van der Waals surface area contributed by atoms with Crippen molar-refractivity contribution < 1.29 is 9.22 Å². The second-order valence-corrected chi connectivity index (χ2v) is 6.96. The number of nitrogens with zero attached hydrogens (tertiary/aromatic N) is 1. The highest BCUT2D eigenvalue weighted by molar-refractivity contribution is 4.68. The average Bonchev–Trinajstić information content (AvgIpc) is 3.15. The minimum atomic E-state index is 0.643. The molecular formula is C17H36NO+. The molecule has 0 N–H and O–H groups in total. The third kappa shape index (κ3) is 10.4. The molecule has 1 heterocycles. The highest BCUT2D eigenvalue weighted by atomic mass is 16.6. The number of unbranched alkanes of at least 4 members (excludes halogenated alkanes) is 7. The van der Waals surface area contributed by atoms with Crippen LogP contribution in [-0.4, -0.2) is 44.4 Å². The lowest BCUT2D eigenvalue weighted by Gasteiger charge is -2.29. The lowest BCUT2D eigenvalue weighted by atomic mass is 10.1. The van der Waals surface area contributed by atoms with Gasteiger partial charge in [0, 0.05) is 0 Å². The molecule has 0 aliphatic carbocycles. The lowest BCUT2D eigenvalue weighted by molar-refractivity contribution is -0.890. The maximum Gasteiger partial charge on any atom is 0.0810 e. The van der Waals surface area contributed by atoms with Crippen molar-refractivity contribution >= 4 is 0 Å². The molecule has 0 radical (unpaired) electrons. The molecule has 1 fully saturated rings. The van der Waals surface area contributed by atoms with Crippen LogP contribution >= 0.6 is 0 Å². The molecule has 2 heteroatoms. The Bertz CT molecular complexity index is 211. The highest BCUT2D eigenvalue weighted by Gasteiger charge is 2.20. The van der Waals surface area contributed by atoms with E-state index in [-0.39, 0.29) is 0 Å². The van der Waals surface area contributed by atoms with E-state index in [1.807, 2.05) is 0 Å². The summed E-state index contributed by atoms with van der Waals surface area (Å²) in [7, 11) is 4.74. The molecule has 0 spiro atoms. The van der Waals surface area contributed by atoms with E-state index >= 15 is 0 Å². The summed E-state index contributed by atoms with van der Waals surface area (Å²) in [5, 5.41) is 0. The first kappa shape index (κ1) is 17.0. The van der Waals surface area contributed by atoms with E-state index in [0.717, 1.165) is 6.61 Å². The van der Waals surface area contributed by atoms with Gasteiger partial charge in [-0.2, -0.15) is 0 Å². The molecule has 0 aromatic heterocycles.